The number of carbonyl (C=O) groups excluding carboxylic acids is 1. The largest absolute Gasteiger partial charge is 0.326 e. The molecular formula is C12H11ClN2OS. The number of rotatable bonds is 3. The van der Waals surface area contributed by atoms with Gasteiger partial charge in [0.2, 0.25) is 5.91 Å². The fraction of sp³-hybridized carbons (Fsp3) is 0.167. The smallest absolute Gasteiger partial charge is 0.231 e. The molecule has 0 unspecified atom stereocenters. The van der Waals surface area contributed by atoms with Crippen LogP contribution in [0.15, 0.2) is 29.6 Å². The van der Waals surface area contributed by atoms with Crippen LogP contribution in [0.25, 0.3) is 0 Å². The molecule has 0 aliphatic rings. The van der Waals surface area contributed by atoms with Gasteiger partial charge in [-0.25, -0.2) is 4.98 Å². The number of aryl methyl sites for hydroxylation is 1. The third-order valence-electron chi connectivity index (χ3n) is 2.11. The highest BCUT2D eigenvalue weighted by molar-refractivity contribution is 7.09. The Bertz CT molecular complexity index is 522. The molecule has 1 N–H and O–H groups in total. The van der Waals surface area contributed by atoms with Crippen molar-refractivity contribution in [1.29, 1.82) is 0 Å². The first kappa shape index (κ1) is 12.1. The number of amides is 1. The minimum absolute atomic E-state index is 0.0679. The first-order valence-electron chi connectivity index (χ1n) is 5.10. The minimum Gasteiger partial charge on any atom is -0.326 e. The Hall–Kier alpha value is -1.39. The lowest BCUT2D eigenvalue weighted by molar-refractivity contribution is -0.115. The number of hydrogen-bond donors (Lipinski definition) is 1. The second kappa shape index (κ2) is 5.29. The van der Waals surface area contributed by atoms with Crippen molar-refractivity contribution >= 4 is 34.5 Å². The van der Waals surface area contributed by atoms with Gasteiger partial charge in [0, 0.05) is 21.8 Å². The van der Waals surface area contributed by atoms with Crippen molar-refractivity contribution in [3.63, 3.8) is 0 Å². The van der Waals surface area contributed by atoms with Gasteiger partial charge in [0.1, 0.15) is 5.01 Å². The summed E-state index contributed by atoms with van der Waals surface area (Å²) in [6.45, 7) is 1.91. The predicted octanol–water partition coefficient (Wildman–Crippen LogP) is 3.29. The van der Waals surface area contributed by atoms with Crippen molar-refractivity contribution in [2.45, 2.75) is 13.3 Å². The molecule has 0 saturated heterocycles. The Kier molecular flexibility index (Phi) is 3.76. The third-order valence-corrected chi connectivity index (χ3v) is 3.32. The number of carbonyl (C=O) groups is 1. The molecule has 2 rings (SSSR count). The maximum Gasteiger partial charge on any atom is 0.231 e. The lowest BCUT2D eigenvalue weighted by Crippen LogP contribution is -2.14. The monoisotopic (exact) mass is 266 g/mol. The molecule has 0 saturated carbocycles. The number of anilines is 1. The van der Waals surface area contributed by atoms with E-state index in [1.165, 1.54) is 11.3 Å². The molecule has 88 valence electrons. The van der Waals surface area contributed by atoms with Gasteiger partial charge in [-0.05, 0) is 31.2 Å². The number of nitrogens with zero attached hydrogens (tertiary/aromatic N) is 1. The van der Waals surface area contributed by atoms with Crippen LogP contribution in [0.2, 0.25) is 5.02 Å². The number of thiazole rings is 1. The van der Waals surface area contributed by atoms with Crippen molar-refractivity contribution in [3.05, 3.63) is 45.4 Å². The van der Waals surface area contributed by atoms with Crippen LogP contribution in [0.4, 0.5) is 5.69 Å². The fourth-order valence-corrected chi connectivity index (χ4v) is 2.26. The lowest BCUT2D eigenvalue weighted by atomic mass is 10.3. The maximum absolute atomic E-state index is 11.7. The summed E-state index contributed by atoms with van der Waals surface area (Å²) in [7, 11) is 0. The Balaban J connectivity index is 1.95. The zero-order valence-corrected chi connectivity index (χ0v) is 10.8. The Labute approximate surface area is 108 Å². The van der Waals surface area contributed by atoms with Crippen molar-refractivity contribution < 1.29 is 4.79 Å². The average Bonchev–Trinajstić information content (AvgIpc) is 2.67. The fourth-order valence-electron chi connectivity index (χ4n) is 1.36. The first-order valence-corrected chi connectivity index (χ1v) is 6.35. The Morgan fingerprint density at radius 3 is 2.71 bits per heavy atom. The number of hydrogen-bond acceptors (Lipinski definition) is 3. The van der Waals surface area contributed by atoms with Crippen molar-refractivity contribution in [3.8, 4) is 0 Å². The normalized spacial score (nSPS) is 10.2. The predicted molar refractivity (Wildman–Crippen MR) is 70.6 cm³/mol. The molecule has 17 heavy (non-hydrogen) atoms. The van der Waals surface area contributed by atoms with E-state index in [4.69, 9.17) is 11.6 Å². The van der Waals surface area contributed by atoms with Crippen LogP contribution in [-0.2, 0) is 11.2 Å². The van der Waals surface area contributed by atoms with Gasteiger partial charge >= 0.3 is 0 Å². The molecule has 0 spiro atoms. The third kappa shape index (κ3) is 3.54. The summed E-state index contributed by atoms with van der Waals surface area (Å²) in [5.41, 5.74) is 1.69. The Morgan fingerprint density at radius 2 is 2.12 bits per heavy atom. The van der Waals surface area contributed by atoms with Crippen molar-refractivity contribution in [1.82, 2.24) is 4.98 Å². The summed E-state index contributed by atoms with van der Waals surface area (Å²) in [4.78, 5) is 15.9. The van der Waals surface area contributed by atoms with E-state index in [0.717, 1.165) is 16.4 Å². The summed E-state index contributed by atoms with van der Waals surface area (Å²) in [5, 5.41) is 6.21. The molecule has 0 aliphatic carbocycles. The second-order valence-electron chi connectivity index (χ2n) is 3.61. The van der Waals surface area contributed by atoms with Crippen LogP contribution in [0.1, 0.15) is 10.7 Å². The van der Waals surface area contributed by atoms with Gasteiger partial charge in [-0.3, -0.25) is 4.79 Å². The highest BCUT2D eigenvalue weighted by Gasteiger charge is 2.06. The highest BCUT2D eigenvalue weighted by Crippen LogP contribution is 2.14. The number of nitrogens with one attached hydrogen (secondary N) is 1. The van der Waals surface area contributed by atoms with Crippen LogP contribution in [0.3, 0.4) is 0 Å². The van der Waals surface area contributed by atoms with E-state index in [2.05, 4.69) is 10.3 Å². The summed E-state index contributed by atoms with van der Waals surface area (Å²) in [6, 6.07) is 7.02. The van der Waals surface area contributed by atoms with E-state index in [9.17, 15) is 4.79 Å². The van der Waals surface area contributed by atoms with Crippen LogP contribution in [-0.4, -0.2) is 10.9 Å². The molecule has 0 aliphatic heterocycles. The number of aromatic nitrogens is 1. The van der Waals surface area contributed by atoms with Gasteiger partial charge in [0.05, 0.1) is 6.42 Å². The zero-order chi connectivity index (χ0) is 12.3. The molecular weight excluding hydrogens is 256 g/mol. The van der Waals surface area contributed by atoms with E-state index >= 15 is 0 Å². The van der Waals surface area contributed by atoms with Gasteiger partial charge in [-0.2, -0.15) is 0 Å². The maximum atomic E-state index is 11.7. The highest BCUT2D eigenvalue weighted by atomic mass is 35.5. The number of benzene rings is 1. The summed E-state index contributed by atoms with van der Waals surface area (Å²) >= 11 is 7.26. The average molecular weight is 267 g/mol. The van der Waals surface area contributed by atoms with Crippen molar-refractivity contribution in [2.24, 2.45) is 0 Å². The SMILES string of the molecule is Cc1csc(CC(=O)Nc2ccc(Cl)cc2)n1. The van der Waals surface area contributed by atoms with Crippen LogP contribution >= 0.6 is 22.9 Å². The molecule has 0 atom stereocenters. The van der Waals surface area contributed by atoms with Crippen LogP contribution < -0.4 is 5.32 Å². The molecule has 5 heteroatoms. The van der Waals surface area contributed by atoms with Gasteiger partial charge in [-0.1, -0.05) is 11.6 Å². The van der Waals surface area contributed by atoms with E-state index in [-0.39, 0.29) is 5.91 Å². The van der Waals surface area contributed by atoms with Crippen LogP contribution in [0.5, 0.6) is 0 Å². The quantitative estimate of drug-likeness (QED) is 0.926. The molecule has 0 radical (unpaired) electrons. The summed E-state index contributed by atoms with van der Waals surface area (Å²) < 4.78 is 0. The standard InChI is InChI=1S/C12H11ClN2OS/c1-8-7-17-12(14-8)6-11(16)15-10-4-2-9(13)3-5-10/h2-5,7H,6H2,1H3,(H,15,16). The molecule has 1 aromatic carbocycles. The molecule has 3 nitrogen and oxygen atoms in total. The topological polar surface area (TPSA) is 42.0 Å². The van der Waals surface area contributed by atoms with E-state index in [1.54, 1.807) is 24.3 Å². The molecule has 0 bridgehead atoms. The Morgan fingerprint density at radius 1 is 1.41 bits per heavy atom. The molecule has 1 heterocycles. The number of halogens is 1. The summed E-state index contributed by atoms with van der Waals surface area (Å²) in [5.74, 6) is -0.0679. The van der Waals surface area contributed by atoms with Gasteiger partial charge in [-0.15, -0.1) is 11.3 Å². The molecule has 1 aromatic heterocycles. The minimum atomic E-state index is -0.0679. The van der Waals surface area contributed by atoms with Crippen LogP contribution in [0, 0.1) is 6.92 Å². The molecule has 1 amide bonds. The molecule has 2 aromatic rings. The second-order valence-corrected chi connectivity index (χ2v) is 4.99. The van der Waals surface area contributed by atoms with Gasteiger partial charge in [0.25, 0.3) is 0 Å². The van der Waals surface area contributed by atoms with Gasteiger partial charge < -0.3 is 5.32 Å². The molecule has 0 fully saturated rings. The first-order chi connectivity index (χ1) is 8.13. The van der Waals surface area contributed by atoms with E-state index in [1.807, 2.05) is 12.3 Å². The summed E-state index contributed by atoms with van der Waals surface area (Å²) in [6.07, 6.45) is 0.307. The lowest BCUT2D eigenvalue weighted by Gasteiger charge is -2.03. The van der Waals surface area contributed by atoms with E-state index in [0.29, 0.717) is 11.4 Å². The van der Waals surface area contributed by atoms with Crippen molar-refractivity contribution in [2.75, 3.05) is 5.32 Å². The van der Waals surface area contributed by atoms with E-state index < -0.39 is 0 Å². The zero-order valence-electron chi connectivity index (χ0n) is 9.24. The van der Waals surface area contributed by atoms with Gasteiger partial charge in [0.15, 0.2) is 0 Å².